The van der Waals surface area contributed by atoms with E-state index in [-0.39, 0.29) is 17.7 Å². The van der Waals surface area contributed by atoms with Crippen molar-refractivity contribution in [2.24, 2.45) is 35.5 Å². The van der Waals surface area contributed by atoms with Crippen molar-refractivity contribution in [1.29, 1.82) is 0 Å². The molecule has 0 unspecified atom stereocenters. The van der Waals surface area contributed by atoms with Gasteiger partial charge in [-0.05, 0) is 240 Å². The Labute approximate surface area is 406 Å². The van der Waals surface area contributed by atoms with Gasteiger partial charge in [0.25, 0.3) is 0 Å². The lowest BCUT2D eigenvalue weighted by atomic mass is 9.42. The highest BCUT2D eigenvalue weighted by Gasteiger charge is 2.54. The quantitative estimate of drug-likeness (QED) is 0.165. The van der Waals surface area contributed by atoms with Crippen molar-refractivity contribution in [3.8, 4) is 16.8 Å². The minimum absolute atomic E-state index is 0.0104. The Balaban J connectivity index is 0.974. The first-order chi connectivity index (χ1) is 33.5. The summed E-state index contributed by atoms with van der Waals surface area (Å²) in [7, 11) is 0. The van der Waals surface area contributed by atoms with Crippen LogP contribution in [0.2, 0.25) is 0 Å². The monoisotopic (exact) mass is 896 g/mol. The van der Waals surface area contributed by atoms with Crippen molar-refractivity contribution in [2.45, 2.75) is 121 Å². The first kappa shape index (κ1) is 39.0. The van der Waals surface area contributed by atoms with Gasteiger partial charge < -0.3 is 13.8 Å². The Morgan fingerprint density at radius 2 is 1.13 bits per heavy atom. The van der Waals surface area contributed by atoms with Crippen LogP contribution < -0.4 is 15.7 Å². The van der Waals surface area contributed by atoms with Crippen molar-refractivity contribution in [2.75, 3.05) is 4.81 Å². The standard InChI is InChI=1S/C65H61BN2O/c1-36-15-53-50-28-52-51-23-43-7-5-6-8-44(43)24-59(51)69-60(52)29-57(50)68(48-12-9-45(10-13-48)63(2,3)4)66-55-27-47(65-33-40-20-41(34-65)22-42(21-40)35-65)26-54-49-25-46(64-30-37-17-38(31-64)19-39(18-37)32-64)11-14-56(49)67(62(54)55)58(16-36)61(53)66/h5-16,23-29,37-42H,17-22,30-35H2,1-4H3. The van der Waals surface area contributed by atoms with Crippen LogP contribution in [0.5, 0.6) is 0 Å². The molecule has 4 heteroatoms. The average Bonchev–Trinajstić information content (AvgIpc) is 3.84. The lowest BCUT2D eigenvalue weighted by Gasteiger charge is -2.57. The molecule has 0 radical (unpaired) electrons. The Hall–Kier alpha value is -5.74. The fourth-order valence-electron chi connectivity index (χ4n) is 18.6. The zero-order chi connectivity index (χ0) is 45.4. The maximum absolute atomic E-state index is 6.97. The number of fused-ring (bicyclic) bond motifs is 11. The molecule has 0 saturated heterocycles. The highest BCUT2D eigenvalue weighted by Crippen LogP contribution is 2.63. The predicted octanol–water partition coefficient (Wildman–Crippen LogP) is 15.6. The molecule has 9 aromatic rings. The molecule has 0 spiro atoms. The summed E-state index contributed by atoms with van der Waals surface area (Å²) in [4.78, 5) is 2.76. The second-order valence-corrected chi connectivity index (χ2v) is 25.9. The first-order valence-electron chi connectivity index (χ1n) is 27.1. The third-order valence-corrected chi connectivity index (χ3v) is 20.6. The van der Waals surface area contributed by atoms with E-state index in [4.69, 9.17) is 4.42 Å². The predicted molar refractivity (Wildman–Crippen MR) is 288 cm³/mol. The van der Waals surface area contributed by atoms with Crippen LogP contribution in [0.4, 0.5) is 11.4 Å². The van der Waals surface area contributed by atoms with E-state index < -0.39 is 0 Å². The fraction of sp³-hybridized carbons (Fsp3) is 0.385. The van der Waals surface area contributed by atoms with Gasteiger partial charge in [0.05, 0.1) is 11.0 Å². The molecule has 69 heavy (non-hydrogen) atoms. The second-order valence-electron chi connectivity index (χ2n) is 25.9. The van der Waals surface area contributed by atoms with Gasteiger partial charge in [-0.25, -0.2) is 0 Å². The Morgan fingerprint density at radius 3 is 1.78 bits per heavy atom. The number of rotatable bonds is 3. The van der Waals surface area contributed by atoms with Crippen LogP contribution in [0.25, 0.3) is 71.3 Å². The fourth-order valence-corrected chi connectivity index (χ4v) is 18.6. The molecule has 8 aliphatic carbocycles. The molecule has 19 rings (SSSR count). The van der Waals surface area contributed by atoms with E-state index in [1.165, 1.54) is 171 Å². The first-order valence-corrected chi connectivity index (χ1v) is 27.1. The molecule has 2 aromatic heterocycles. The third kappa shape index (κ3) is 5.21. The smallest absolute Gasteiger partial charge is 0.333 e. The van der Waals surface area contributed by atoms with Gasteiger partial charge in [0.2, 0.25) is 0 Å². The number of benzene rings is 7. The zero-order valence-corrected chi connectivity index (χ0v) is 40.8. The summed E-state index contributed by atoms with van der Waals surface area (Å²) >= 11 is 0. The number of nitrogens with zero attached hydrogens (tertiary/aromatic N) is 2. The number of hydrogen-bond donors (Lipinski definition) is 0. The highest BCUT2D eigenvalue weighted by molar-refractivity contribution is 6.93. The molecular weight excluding hydrogens is 836 g/mol. The van der Waals surface area contributed by atoms with Crippen molar-refractivity contribution < 1.29 is 4.42 Å². The normalized spacial score (nSPS) is 29.1. The molecule has 2 aliphatic heterocycles. The van der Waals surface area contributed by atoms with Gasteiger partial charge in [-0.1, -0.05) is 75.4 Å². The Bertz CT molecular complexity index is 3690. The number of hydrogen-bond acceptors (Lipinski definition) is 2. The molecule has 3 nitrogen and oxygen atoms in total. The minimum Gasteiger partial charge on any atom is -0.456 e. The molecule has 8 bridgehead atoms. The summed E-state index contributed by atoms with van der Waals surface area (Å²) in [5, 5.41) is 7.84. The summed E-state index contributed by atoms with van der Waals surface area (Å²) < 4.78 is 9.73. The number of aryl methyl sites for hydroxylation is 1. The van der Waals surface area contributed by atoms with E-state index in [9.17, 15) is 0 Å². The Kier molecular flexibility index (Phi) is 7.33. The lowest BCUT2D eigenvalue weighted by Crippen LogP contribution is -2.61. The number of anilines is 2. The molecular formula is C65H61BN2O. The maximum Gasteiger partial charge on any atom is 0.333 e. The van der Waals surface area contributed by atoms with E-state index in [1.54, 1.807) is 11.1 Å². The maximum atomic E-state index is 6.97. The van der Waals surface area contributed by atoms with Crippen molar-refractivity contribution in [1.82, 2.24) is 4.57 Å². The van der Waals surface area contributed by atoms with E-state index in [0.29, 0.717) is 5.41 Å². The van der Waals surface area contributed by atoms with Gasteiger partial charge in [0.15, 0.2) is 0 Å². The molecule has 340 valence electrons. The minimum atomic E-state index is -0.0104. The van der Waals surface area contributed by atoms with Crippen LogP contribution in [-0.4, -0.2) is 11.4 Å². The Morgan fingerprint density at radius 1 is 0.536 bits per heavy atom. The van der Waals surface area contributed by atoms with Gasteiger partial charge in [0, 0.05) is 50.2 Å². The van der Waals surface area contributed by atoms with Crippen LogP contribution in [0.1, 0.15) is 120 Å². The van der Waals surface area contributed by atoms with Gasteiger partial charge >= 0.3 is 6.85 Å². The van der Waals surface area contributed by atoms with Crippen LogP contribution in [0, 0.1) is 42.4 Å². The van der Waals surface area contributed by atoms with Gasteiger partial charge in [0.1, 0.15) is 11.2 Å². The highest BCUT2D eigenvalue weighted by atomic mass is 16.3. The van der Waals surface area contributed by atoms with Crippen LogP contribution in [0.3, 0.4) is 0 Å². The molecule has 0 atom stereocenters. The summed E-state index contributed by atoms with van der Waals surface area (Å²) in [6, 6.07) is 46.5. The molecule has 8 fully saturated rings. The second kappa shape index (κ2) is 13.0. The molecule has 0 amide bonds. The summed E-state index contributed by atoms with van der Waals surface area (Å²) in [6.45, 7) is 9.34. The summed E-state index contributed by atoms with van der Waals surface area (Å²) in [5.41, 5.74) is 20.8. The van der Waals surface area contributed by atoms with Crippen LogP contribution in [-0.2, 0) is 16.2 Å². The van der Waals surface area contributed by atoms with Crippen LogP contribution >= 0.6 is 0 Å². The summed E-state index contributed by atoms with van der Waals surface area (Å²) in [6.07, 6.45) is 17.1. The average molecular weight is 897 g/mol. The molecule has 10 aliphatic rings. The lowest BCUT2D eigenvalue weighted by molar-refractivity contribution is -0.00526. The number of aromatic nitrogens is 1. The van der Waals surface area contributed by atoms with E-state index in [0.717, 1.165) is 46.7 Å². The van der Waals surface area contributed by atoms with Crippen LogP contribution in [0.15, 0.2) is 120 Å². The van der Waals surface area contributed by atoms with Gasteiger partial charge in [-0.15, -0.1) is 0 Å². The largest absolute Gasteiger partial charge is 0.456 e. The summed E-state index contributed by atoms with van der Waals surface area (Å²) in [5.74, 6) is 5.41. The number of furan rings is 1. The van der Waals surface area contributed by atoms with Crippen molar-refractivity contribution in [3.63, 3.8) is 0 Å². The van der Waals surface area contributed by atoms with E-state index in [1.807, 2.05) is 0 Å². The topological polar surface area (TPSA) is 21.3 Å². The van der Waals surface area contributed by atoms with E-state index >= 15 is 0 Å². The van der Waals surface area contributed by atoms with Crippen molar-refractivity contribution >= 4 is 83.7 Å². The SMILES string of the molecule is Cc1cc2c3c(c1)-n1c4ccc(C56CC7CC(CC(C7)C5)C6)cc4c4cc(C56CC7CC(CC(C7)C5)C6)cc(c41)B3N(c1ccc(C(C)(C)C)cc1)c1cc3oc4cc5ccccc5cc4c3cc1-2. The zero-order valence-electron chi connectivity index (χ0n) is 40.8. The molecule has 0 N–H and O–H groups in total. The van der Waals surface area contributed by atoms with Crippen molar-refractivity contribution in [3.05, 3.63) is 138 Å². The van der Waals surface area contributed by atoms with Gasteiger partial charge in [-0.2, -0.15) is 0 Å². The molecule has 7 aromatic carbocycles. The van der Waals surface area contributed by atoms with Gasteiger partial charge in [-0.3, -0.25) is 0 Å². The third-order valence-electron chi connectivity index (χ3n) is 20.6. The molecule has 8 saturated carbocycles. The molecule has 4 heterocycles. The van der Waals surface area contributed by atoms with E-state index in [2.05, 4.69) is 152 Å².